The van der Waals surface area contributed by atoms with Gasteiger partial charge in [0, 0.05) is 12.8 Å². The third kappa shape index (κ3) is 49.9. The fourth-order valence-corrected chi connectivity index (χ4v) is 8.20. The zero-order valence-electron chi connectivity index (χ0n) is 45.7. The van der Waals surface area contributed by atoms with Crippen LogP contribution in [0.5, 0.6) is 0 Å². The van der Waals surface area contributed by atoms with E-state index >= 15 is 0 Å². The summed E-state index contributed by atoms with van der Waals surface area (Å²) in [6.07, 6.45) is 65.2. The first-order chi connectivity index (χ1) is 33.9. The van der Waals surface area contributed by atoms with Crippen molar-refractivity contribution in [3.63, 3.8) is 0 Å². The van der Waals surface area contributed by atoms with Crippen LogP contribution in [0.4, 0.5) is 0 Å². The quantitative estimate of drug-likeness (QED) is 0.0212. The van der Waals surface area contributed by atoms with Gasteiger partial charge in [0.25, 0.3) is 7.82 Å². The van der Waals surface area contributed by atoms with Gasteiger partial charge in [-0.25, -0.2) is 0 Å². The molecule has 1 N–H and O–H groups in total. The van der Waals surface area contributed by atoms with E-state index in [1.54, 1.807) is 6.08 Å². The second kappa shape index (κ2) is 49.5. The van der Waals surface area contributed by atoms with Crippen molar-refractivity contribution in [2.24, 2.45) is 0 Å². The number of ether oxygens (including phenoxy) is 1. The Hall–Kier alpha value is -3.07. The molecule has 1 amide bonds. The molecule has 402 valence electrons. The van der Waals surface area contributed by atoms with E-state index in [-0.39, 0.29) is 18.9 Å². The van der Waals surface area contributed by atoms with Crippen LogP contribution < -0.4 is 10.2 Å². The van der Waals surface area contributed by atoms with Crippen molar-refractivity contribution in [1.82, 2.24) is 5.32 Å². The SMILES string of the molecule is CC/C=C\C/C=C\C/C=C\C/C=C\C/C=C\CCCC(=O)OC(/C=C/CCCCCCCCCCCCC)C(COP(=O)([O-])OCC[N+](C)(C)C)NC(=O)CCCCCCCCC/C=C/C/C=C/CC. The molecule has 0 aromatic carbocycles. The summed E-state index contributed by atoms with van der Waals surface area (Å²) in [6, 6.07) is -0.919. The number of allylic oxidation sites excluding steroid dienone is 15. The largest absolute Gasteiger partial charge is 0.756 e. The van der Waals surface area contributed by atoms with Crippen LogP contribution in [0.3, 0.4) is 0 Å². The van der Waals surface area contributed by atoms with Crippen molar-refractivity contribution < 1.29 is 37.3 Å². The molecule has 0 saturated carbocycles. The maximum atomic E-state index is 13.5. The van der Waals surface area contributed by atoms with Crippen molar-refractivity contribution in [2.75, 3.05) is 40.9 Å². The van der Waals surface area contributed by atoms with E-state index in [4.69, 9.17) is 13.8 Å². The number of esters is 1. The lowest BCUT2D eigenvalue weighted by molar-refractivity contribution is -0.870. The molecule has 0 spiro atoms. The molecule has 0 fully saturated rings. The van der Waals surface area contributed by atoms with E-state index in [9.17, 15) is 19.0 Å². The molecule has 0 aromatic heterocycles. The van der Waals surface area contributed by atoms with E-state index in [2.05, 4.69) is 111 Å². The number of carbonyl (C=O) groups is 2. The Bertz CT molecular complexity index is 1520. The maximum Gasteiger partial charge on any atom is 0.306 e. The summed E-state index contributed by atoms with van der Waals surface area (Å²) in [7, 11) is 1.13. The molecule has 0 aliphatic carbocycles. The summed E-state index contributed by atoms with van der Waals surface area (Å²) in [5.41, 5.74) is 0. The molecule has 0 rings (SSSR count). The van der Waals surface area contributed by atoms with Gasteiger partial charge in [-0.2, -0.15) is 0 Å². The number of phosphoric ester groups is 1. The fourth-order valence-electron chi connectivity index (χ4n) is 7.48. The Kier molecular flexibility index (Phi) is 47.3. The van der Waals surface area contributed by atoms with Crippen molar-refractivity contribution in [1.29, 1.82) is 0 Å². The molecule has 0 aliphatic heterocycles. The summed E-state index contributed by atoms with van der Waals surface area (Å²) >= 11 is 0. The van der Waals surface area contributed by atoms with Gasteiger partial charge < -0.3 is 28.5 Å². The Morgan fingerprint density at radius 2 is 0.929 bits per heavy atom. The molecule has 0 saturated heterocycles. The standard InChI is InChI=1S/C60H105N2O7P/c1-7-10-13-16-19-22-25-28-30-31-32-35-38-41-44-47-50-53-60(64)69-58(51-48-45-42-39-36-33-27-24-21-18-15-12-9-3)57(56-68-70(65,66)67-55-54-62(4,5)6)61-59(63)52-49-46-43-40-37-34-29-26-23-20-17-14-11-8-2/h10-11,13-14,19-20,22-23,28,30,32,35,41,44,48,51,57-58H,7-9,12,15-18,21,24-27,29,31,33-34,36-40,42-43,45-47,49-50,52-56H2,1-6H3,(H-,61,63,65,66)/b13-10-,14-11+,22-19-,23-20+,30-28-,35-32-,44-41-,51-48+. The van der Waals surface area contributed by atoms with E-state index < -0.39 is 32.5 Å². The fraction of sp³-hybridized carbons (Fsp3) is 0.700. The monoisotopic (exact) mass is 997 g/mol. The normalized spacial score (nSPS) is 14.6. The van der Waals surface area contributed by atoms with Crippen LogP contribution in [0.1, 0.15) is 220 Å². The molecule has 0 radical (unpaired) electrons. The van der Waals surface area contributed by atoms with Gasteiger partial charge in [-0.1, -0.05) is 208 Å². The topological polar surface area (TPSA) is 114 Å². The second-order valence-electron chi connectivity index (χ2n) is 19.7. The molecule has 10 heteroatoms. The number of hydrogen-bond acceptors (Lipinski definition) is 7. The lowest BCUT2D eigenvalue weighted by Gasteiger charge is -2.30. The van der Waals surface area contributed by atoms with Crippen LogP contribution in [0.15, 0.2) is 97.2 Å². The number of quaternary nitrogens is 1. The summed E-state index contributed by atoms with van der Waals surface area (Å²) in [5.74, 6) is -0.625. The number of rotatable bonds is 49. The highest BCUT2D eigenvalue weighted by atomic mass is 31.2. The minimum Gasteiger partial charge on any atom is -0.756 e. The number of likely N-dealkylation sites (N-methyl/N-ethyl adjacent to an activating group) is 1. The lowest BCUT2D eigenvalue weighted by atomic mass is 10.0. The van der Waals surface area contributed by atoms with Crippen LogP contribution in [-0.4, -0.2) is 69.4 Å². The van der Waals surface area contributed by atoms with Gasteiger partial charge in [-0.3, -0.25) is 14.2 Å². The first-order valence-corrected chi connectivity index (χ1v) is 29.5. The molecule has 9 nitrogen and oxygen atoms in total. The minimum absolute atomic E-state index is 0.0372. The Labute approximate surface area is 430 Å². The van der Waals surface area contributed by atoms with Crippen molar-refractivity contribution in [2.45, 2.75) is 232 Å². The average Bonchev–Trinajstić information content (AvgIpc) is 3.32. The van der Waals surface area contributed by atoms with Gasteiger partial charge in [0.15, 0.2) is 0 Å². The van der Waals surface area contributed by atoms with Gasteiger partial charge in [-0.15, -0.1) is 0 Å². The predicted molar refractivity (Wildman–Crippen MR) is 297 cm³/mol. The number of unbranched alkanes of at least 4 members (excludes halogenated alkanes) is 19. The first-order valence-electron chi connectivity index (χ1n) is 28.0. The molecule has 70 heavy (non-hydrogen) atoms. The summed E-state index contributed by atoms with van der Waals surface area (Å²) in [5, 5.41) is 3.00. The molecule has 0 heterocycles. The molecule has 3 unspecified atom stereocenters. The van der Waals surface area contributed by atoms with Gasteiger partial charge in [-0.05, 0) is 96.0 Å². The molecular weight excluding hydrogens is 892 g/mol. The molecule has 0 aliphatic rings. The van der Waals surface area contributed by atoms with Crippen LogP contribution >= 0.6 is 7.82 Å². The smallest absolute Gasteiger partial charge is 0.306 e. The summed E-state index contributed by atoms with van der Waals surface area (Å²) < 4.78 is 30.2. The Balaban J connectivity index is 5.50. The Morgan fingerprint density at radius 1 is 0.514 bits per heavy atom. The van der Waals surface area contributed by atoms with Gasteiger partial charge >= 0.3 is 5.97 Å². The molecule has 0 aromatic rings. The zero-order valence-corrected chi connectivity index (χ0v) is 46.6. The predicted octanol–water partition coefficient (Wildman–Crippen LogP) is 16.2. The van der Waals surface area contributed by atoms with Crippen LogP contribution in [0, 0.1) is 0 Å². The van der Waals surface area contributed by atoms with Crippen LogP contribution in [0.25, 0.3) is 0 Å². The number of hydrogen-bond donors (Lipinski definition) is 1. The molecule has 0 bridgehead atoms. The Morgan fingerprint density at radius 3 is 1.40 bits per heavy atom. The maximum absolute atomic E-state index is 13.5. The minimum atomic E-state index is -4.71. The van der Waals surface area contributed by atoms with E-state index in [0.29, 0.717) is 23.9 Å². The highest BCUT2D eigenvalue weighted by Crippen LogP contribution is 2.38. The highest BCUT2D eigenvalue weighted by molar-refractivity contribution is 7.45. The highest BCUT2D eigenvalue weighted by Gasteiger charge is 2.27. The van der Waals surface area contributed by atoms with E-state index in [1.807, 2.05) is 27.2 Å². The number of phosphoric acid groups is 1. The number of amides is 1. The number of nitrogens with zero attached hydrogens (tertiary/aromatic N) is 1. The average molecular weight is 997 g/mol. The number of carbonyl (C=O) groups excluding carboxylic acids is 2. The van der Waals surface area contributed by atoms with E-state index in [1.165, 1.54) is 77.0 Å². The zero-order chi connectivity index (χ0) is 51.5. The van der Waals surface area contributed by atoms with E-state index in [0.717, 1.165) is 103 Å². The van der Waals surface area contributed by atoms with Gasteiger partial charge in [0.2, 0.25) is 5.91 Å². The van der Waals surface area contributed by atoms with Crippen molar-refractivity contribution in [3.05, 3.63) is 97.2 Å². The molecular formula is C60H105N2O7P. The van der Waals surface area contributed by atoms with Gasteiger partial charge in [0.05, 0.1) is 33.8 Å². The number of nitrogens with one attached hydrogen (secondary N) is 1. The molecule has 3 atom stereocenters. The third-order valence-electron chi connectivity index (χ3n) is 11.8. The summed E-state index contributed by atoms with van der Waals surface area (Å²) in [4.78, 5) is 39.8. The third-order valence-corrected chi connectivity index (χ3v) is 12.7. The van der Waals surface area contributed by atoms with Gasteiger partial charge in [0.1, 0.15) is 19.3 Å². The second-order valence-corrected chi connectivity index (χ2v) is 21.1. The van der Waals surface area contributed by atoms with Crippen molar-refractivity contribution >= 4 is 19.7 Å². The van der Waals surface area contributed by atoms with Crippen LogP contribution in [-0.2, 0) is 27.9 Å². The first kappa shape index (κ1) is 66.9. The lowest BCUT2D eigenvalue weighted by Crippen LogP contribution is -2.47. The van der Waals surface area contributed by atoms with Crippen LogP contribution in [0.2, 0.25) is 0 Å². The summed E-state index contributed by atoms with van der Waals surface area (Å²) in [6.45, 7) is 6.56. The van der Waals surface area contributed by atoms with Crippen molar-refractivity contribution in [3.8, 4) is 0 Å².